The van der Waals surface area contributed by atoms with Gasteiger partial charge in [-0.1, -0.05) is 37.6 Å². The smallest absolute Gasteiger partial charge is 0.238 e. The normalized spacial score (nSPS) is 18.0. The van der Waals surface area contributed by atoms with Crippen molar-refractivity contribution in [2.45, 2.75) is 32.1 Å². The van der Waals surface area contributed by atoms with Gasteiger partial charge < -0.3 is 14.8 Å². The predicted octanol–water partition coefficient (Wildman–Crippen LogP) is 1.62. The maximum Gasteiger partial charge on any atom is 0.238 e. The number of sulfonamides is 1. The van der Waals surface area contributed by atoms with Gasteiger partial charge in [-0.2, -0.15) is 0 Å². The molecule has 1 saturated heterocycles. The number of nitrogens with one attached hydrogen (secondary N) is 2. The van der Waals surface area contributed by atoms with Crippen LogP contribution in [0.3, 0.4) is 0 Å². The van der Waals surface area contributed by atoms with Crippen LogP contribution < -0.4 is 10.0 Å². The van der Waals surface area contributed by atoms with Crippen LogP contribution in [-0.4, -0.2) is 46.4 Å². The fraction of sp³-hybridized carbons (Fsp3) is 0.588. The van der Waals surface area contributed by atoms with Crippen molar-refractivity contribution in [3.05, 3.63) is 34.9 Å². The van der Waals surface area contributed by atoms with Gasteiger partial charge in [0.15, 0.2) is 0 Å². The number of rotatable bonds is 8. The molecule has 1 atom stereocenters. The van der Waals surface area contributed by atoms with Crippen LogP contribution in [0.1, 0.15) is 25.8 Å². The van der Waals surface area contributed by atoms with Gasteiger partial charge in [-0.15, -0.1) is 0 Å². The molecule has 0 radical (unpaired) electrons. The molecule has 7 nitrogen and oxygen atoms in total. The Bertz CT molecular complexity index is 715. The van der Waals surface area contributed by atoms with E-state index >= 15 is 0 Å². The third kappa shape index (κ3) is 5.92. The summed E-state index contributed by atoms with van der Waals surface area (Å²) in [6.07, 6.45) is 1.42. The van der Waals surface area contributed by atoms with E-state index in [1.54, 1.807) is 24.3 Å². The van der Waals surface area contributed by atoms with E-state index in [1.165, 1.54) is 0 Å². The Morgan fingerprint density at radius 1 is 1.23 bits per heavy atom. The molecule has 0 aliphatic carbocycles. The minimum absolute atomic E-state index is 0.0630. The Hall–Kier alpha value is -1.19. The summed E-state index contributed by atoms with van der Waals surface area (Å²) < 4.78 is 37.0. The first-order valence-corrected chi connectivity index (χ1v) is 10.7. The summed E-state index contributed by atoms with van der Waals surface area (Å²) in [5.74, 6) is -1.38. The Kier molecular flexibility index (Phi) is 7.04. The van der Waals surface area contributed by atoms with Crippen molar-refractivity contribution in [3.8, 4) is 0 Å². The maximum absolute atomic E-state index is 12.6. The summed E-state index contributed by atoms with van der Waals surface area (Å²) in [6.45, 7) is 4.70. The van der Waals surface area contributed by atoms with Crippen molar-refractivity contribution in [1.82, 2.24) is 10.0 Å². The molecule has 1 amide bonds. The zero-order chi connectivity index (χ0) is 19.4. The first-order valence-electron chi connectivity index (χ1n) is 8.40. The number of hydrogen-bond acceptors (Lipinski definition) is 5. The highest BCUT2D eigenvalue weighted by atomic mass is 35.5. The quantitative estimate of drug-likeness (QED) is 0.686. The molecule has 0 bridgehead atoms. The second-order valence-electron chi connectivity index (χ2n) is 6.75. The maximum atomic E-state index is 12.6. The van der Waals surface area contributed by atoms with Gasteiger partial charge in [-0.3, -0.25) is 4.79 Å². The molecule has 0 saturated carbocycles. The Labute approximate surface area is 159 Å². The van der Waals surface area contributed by atoms with E-state index in [0.29, 0.717) is 24.7 Å². The topological polar surface area (TPSA) is 93.7 Å². The van der Waals surface area contributed by atoms with Crippen LogP contribution >= 0.6 is 11.6 Å². The Morgan fingerprint density at radius 2 is 1.81 bits per heavy atom. The van der Waals surface area contributed by atoms with Crippen molar-refractivity contribution < 1.29 is 22.7 Å². The zero-order valence-corrected chi connectivity index (χ0v) is 16.7. The molecule has 1 aromatic carbocycles. The molecule has 1 aliphatic rings. The van der Waals surface area contributed by atoms with Crippen molar-refractivity contribution in [2.75, 3.05) is 26.0 Å². The van der Waals surface area contributed by atoms with Crippen molar-refractivity contribution in [2.24, 2.45) is 5.92 Å². The van der Waals surface area contributed by atoms with Gasteiger partial charge in [0, 0.05) is 10.6 Å². The number of benzene rings is 1. The Morgan fingerprint density at radius 3 is 2.31 bits per heavy atom. The molecule has 9 heteroatoms. The van der Waals surface area contributed by atoms with E-state index in [-0.39, 0.29) is 12.5 Å². The van der Waals surface area contributed by atoms with Crippen LogP contribution in [0, 0.1) is 5.92 Å². The highest BCUT2D eigenvalue weighted by Gasteiger charge is 2.39. The minimum atomic E-state index is -3.51. The van der Waals surface area contributed by atoms with Gasteiger partial charge in [0.05, 0.1) is 26.0 Å². The molecule has 2 rings (SSSR count). The van der Waals surface area contributed by atoms with Crippen LogP contribution in [0.15, 0.2) is 24.3 Å². The summed E-state index contributed by atoms with van der Waals surface area (Å²) in [7, 11) is -3.51. The highest BCUT2D eigenvalue weighted by Crippen LogP contribution is 2.31. The zero-order valence-electron chi connectivity index (χ0n) is 15.1. The fourth-order valence-corrected chi connectivity index (χ4v) is 3.64. The van der Waals surface area contributed by atoms with Gasteiger partial charge in [-0.25, -0.2) is 13.1 Å². The lowest BCUT2D eigenvalue weighted by atomic mass is 10.0. The fourth-order valence-electron chi connectivity index (χ4n) is 2.79. The second kappa shape index (κ2) is 8.67. The lowest BCUT2D eigenvalue weighted by Crippen LogP contribution is -2.50. The third-order valence-corrected chi connectivity index (χ3v) is 4.88. The summed E-state index contributed by atoms with van der Waals surface area (Å²) >= 11 is 5.93. The van der Waals surface area contributed by atoms with Gasteiger partial charge in [0.2, 0.25) is 21.7 Å². The van der Waals surface area contributed by atoms with Crippen molar-refractivity contribution in [3.63, 3.8) is 0 Å². The van der Waals surface area contributed by atoms with Gasteiger partial charge in [-0.05, 0) is 24.5 Å². The Balaban J connectivity index is 2.11. The van der Waals surface area contributed by atoms with Gasteiger partial charge >= 0.3 is 0 Å². The summed E-state index contributed by atoms with van der Waals surface area (Å²) in [6, 6.07) is 6.14. The van der Waals surface area contributed by atoms with Crippen LogP contribution in [0.25, 0.3) is 0 Å². The molecule has 26 heavy (non-hydrogen) atoms. The molecule has 1 heterocycles. The summed E-state index contributed by atoms with van der Waals surface area (Å²) in [4.78, 5) is 12.6. The van der Waals surface area contributed by atoms with E-state index in [1.807, 2.05) is 13.8 Å². The van der Waals surface area contributed by atoms with Crippen LogP contribution in [-0.2, 0) is 30.1 Å². The number of carbonyl (C=O) groups is 1. The average Bonchev–Trinajstić information content (AvgIpc) is 3.01. The molecule has 1 aliphatic heterocycles. The lowest BCUT2D eigenvalue weighted by molar-refractivity contribution is -0.165. The summed E-state index contributed by atoms with van der Waals surface area (Å²) in [5.41, 5.74) is 0.733. The largest absolute Gasteiger partial charge is 0.349 e. The highest BCUT2D eigenvalue weighted by molar-refractivity contribution is 7.88. The molecular weight excluding hydrogens is 380 g/mol. The van der Waals surface area contributed by atoms with Gasteiger partial charge in [0.1, 0.15) is 6.04 Å². The third-order valence-electron chi connectivity index (χ3n) is 3.91. The lowest BCUT2D eigenvalue weighted by Gasteiger charge is -2.29. The van der Waals surface area contributed by atoms with Crippen LogP contribution in [0.4, 0.5) is 0 Å². The van der Waals surface area contributed by atoms with E-state index in [0.717, 1.165) is 11.8 Å². The van der Waals surface area contributed by atoms with E-state index in [9.17, 15) is 13.2 Å². The standard InChI is InChI=1S/C17H25ClN2O5S/c1-12(2)10-15(20-26(3,22)23)16(21)19-11-17(24-8-9-25-17)13-4-6-14(18)7-5-13/h4-7,12,15,20H,8-11H2,1-3H3,(H,19,21). The SMILES string of the molecule is CC(C)CC(NS(C)(=O)=O)C(=O)NCC1(c2ccc(Cl)cc2)OCCO1. The summed E-state index contributed by atoms with van der Waals surface area (Å²) in [5, 5.41) is 3.34. The van der Waals surface area contributed by atoms with E-state index in [2.05, 4.69) is 10.0 Å². The molecule has 1 aromatic rings. The number of hydrogen-bond donors (Lipinski definition) is 2. The number of amides is 1. The molecule has 1 unspecified atom stereocenters. The average molecular weight is 405 g/mol. The first kappa shape index (κ1) is 21.1. The van der Waals surface area contributed by atoms with Crippen molar-refractivity contribution >= 4 is 27.5 Å². The van der Waals surface area contributed by atoms with E-state index < -0.39 is 27.8 Å². The van der Waals surface area contributed by atoms with Crippen LogP contribution in [0.2, 0.25) is 5.02 Å². The molecule has 0 spiro atoms. The predicted molar refractivity (Wildman–Crippen MR) is 99.3 cm³/mol. The monoisotopic (exact) mass is 404 g/mol. The van der Waals surface area contributed by atoms with Gasteiger partial charge in [0.25, 0.3) is 0 Å². The minimum Gasteiger partial charge on any atom is -0.349 e. The second-order valence-corrected chi connectivity index (χ2v) is 8.96. The molecule has 2 N–H and O–H groups in total. The molecule has 1 fully saturated rings. The number of halogens is 1. The molecule has 146 valence electrons. The number of carbonyl (C=O) groups excluding carboxylic acids is 1. The first-order chi connectivity index (χ1) is 12.1. The van der Waals surface area contributed by atoms with E-state index in [4.69, 9.17) is 21.1 Å². The molecular formula is C17H25ClN2O5S. The number of ether oxygens (including phenoxy) is 2. The molecule has 0 aromatic heterocycles. The van der Waals surface area contributed by atoms with Crippen LogP contribution in [0.5, 0.6) is 0 Å². The van der Waals surface area contributed by atoms with Crippen molar-refractivity contribution in [1.29, 1.82) is 0 Å².